The maximum absolute atomic E-state index is 12.2. The first kappa shape index (κ1) is 17.6. The summed E-state index contributed by atoms with van der Waals surface area (Å²) >= 11 is 0. The number of carbonyl (C=O) groups excluding carboxylic acids is 1. The van der Waals surface area contributed by atoms with E-state index in [9.17, 15) is 4.79 Å². The quantitative estimate of drug-likeness (QED) is 0.722. The maximum atomic E-state index is 12.2. The second kappa shape index (κ2) is 7.85. The van der Waals surface area contributed by atoms with Gasteiger partial charge in [0, 0.05) is 18.8 Å². The summed E-state index contributed by atoms with van der Waals surface area (Å²) in [6.45, 7) is 1.80. The second-order valence-corrected chi connectivity index (χ2v) is 6.62. The van der Waals surface area contributed by atoms with Crippen LogP contribution < -0.4 is 15.0 Å². The van der Waals surface area contributed by atoms with Gasteiger partial charge in [-0.05, 0) is 47.9 Å². The third-order valence-corrected chi connectivity index (χ3v) is 4.75. The van der Waals surface area contributed by atoms with Crippen molar-refractivity contribution in [3.05, 3.63) is 89.5 Å². The Morgan fingerprint density at radius 3 is 2.68 bits per heavy atom. The van der Waals surface area contributed by atoms with Crippen molar-refractivity contribution in [1.82, 2.24) is 0 Å². The molecule has 1 heterocycles. The summed E-state index contributed by atoms with van der Waals surface area (Å²) in [5.74, 6) is 0.493. The van der Waals surface area contributed by atoms with Crippen molar-refractivity contribution in [2.45, 2.75) is 13.0 Å². The van der Waals surface area contributed by atoms with Crippen LogP contribution in [0.2, 0.25) is 0 Å². The van der Waals surface area contributed by atoms with Gasteiger partial charge in [-0.2, -0.15) is 5.26 Å². The van der Waals surface area contributed by atoms with Gasteiger partial charge in [0.05, 0.1) is 11.3 Å². The van der Waals surface area contributed by atoms with Crippen molar-refractivity contribution >= 4 is 17.5 Å². The summed E-state index contributed by atoms with van der Waals surface area (Å²) in [5.41, 5.74) is 4.44. The lowest BCUT2D eigenvalue weighted by molar-refractivity contribution is 0.215. The number of carbonyl (C=O) groups is 1. The van der Waals surface area contributed by atoms with Crippen LogP contribution in [-0.2, 0) is 13.0 Å². The zero-order chi connectivity index (χ0) is 19.3. The van der Waals surface area contributed by atoms with E-state index < -0.39 is 6.09 Å². The Hall–Kier alpha value is -3.78. The van der Waals surface area contributed by atoms with Gasteiger partial charge >= 0.3 is 6.09 Å². The average molecular weight is 369 g/mol. The summed E-state index contributed by atoms with van der Waals surface area (Å²) in [5, 5.41) is 11.7. The summed E-state index contributed by atoms with van der Waals surface area (Å²) < 4.78 is 5.42. The Morgan fingerprint density at radius 2 is 1.86 bits per heavy atom. The molecule has 5 heteroatoms. The van der Waals surface area contributed by atoms with E-state index in [2.05, 4.69) is 22.3 Å². The fourth-order valence-corrected chi connectivity index (χ4v) is 3.41. The van der Waals surface area contributed by atoms with Crippen LogP contribution >= 0.6 is 0 Å². The van der Waals surface area contributed by atoms with E-state index >= 15 is 0 Å². The Bertz CT molecular complexity index is 1040. The molecular weight excluding hydrogens is 350 g/mol. The normalized spacial score (nSPS) is 12.2. The third kappa shape index (κ3) is 3.81. The van der Waals surface area contributed by atoms with E-state index in [4.69, 9.17) is 10.00 Å². The minimum atomic E-state index is -0.609. The number of para-hydroxylation sites is 1. The van der Waals surface area contributed by atoms with Gasteiger partial charge in [0.15, 0.2) is 0 Å². The molecule has 28 heavy (non-hydrogen) atoms. The number of benzene rings is 3. The predicted molar refractivity (Wildman–Crippen MR) is 108 cm³/mol. The van der Waals surface area contributed by atoms with E-state index in [0.717, 1.165) is 19.5 Å². The minimum Gasteiger partial charge on any atom is -0.410 e. The molecule has 0 fully saturated rings. The standard InChI is InChI=1S/C23H19N3O2/c24-15-19-8-4-5-9-21(19)25-23(27)28-20-10-11-22-18(14-20)12-13-26(22)16-17-6-2-1-3-7-17/h1-11,14H,12-13,16H2,(H,25,27). The van der Waals surface area contributed by atoms with Crippen molar-refractivity contribution in [2.75, 3.05) is 16.8 Å². The van der Waals surface area contributed by atoms with Crippen molar-refractivity contribution in [2.24, 2.45) is 0 Å². The topological polar surface area (TPSA) is 65.4 Å². The van der Waals surface area contributed by atoms with Crippen LogP contribution in [0.15, 0.2) is 72.8 Å². The molecule has 5 nitrogen and oxygen atoms in total. The predicted octanol–water partition coefficient (Wildman–Crippen LogP) is 4.73. The molecule has 4 rings (SSSR count). The monoisotopic (exact) mass is 369 g/mol. The number of anilines is 2. The summed E-state index contributed by atoms with van der Waals surface area (Å²) in [6.07, 6.45) is 0.305. The summed E-state index contributed by atoms with van der Waals surface area (Å²) in [4.78, 5) is 14.5. The number of hydrogen-bond donors (Lipinski definition) is 1. The molecule has 0 saturated heterocycles. The highest BCUT2D eigenvalue weighted by molar-refractivity contribution is 5.88. The maximum Gasteiger partial charge on any atom is 0.417 e. The highest BCUT2D eigenvalue weighted by Gasteiger charge is 2.20. The molecule has 1 N–H and O–H groups in total. The molecule has 1 aliphatic rings. The van der Waals surface area contributed by atoms with Crippen molar-refractivity contribution < 1.29 is 9.53 Å². The van der Waals surface area contributed by atoms with Crippen LogP contribution in [0, 0.1) is 11.3 Å². The van der Waals surface area contributed by atoms with Gasteiger partial charge in [0.25, 0.3) is 0 Å². The molecule has 0 aliphatic carbocycles. The molecule has 3 aromatic rings. The van der Waals surface area contributed by atoms with Crippen LogP contribution in [0.25, 0.3) is 0 Å². The molecule has 0 saturated carbocycles. The van der Waals surface area contributed by atoms with E-state index in [0.29, 0.717) is 17.0 Å². The van der Waals surface area contributed by atoms with E-state index in [1.54, 1.807) is 30.3 Å². The van der Waals surface area contributed by atoms with Gasteiger partial charge in [-0.3, -0.25) is 5.32 Å². The highest BCUT2D eigenvalue weighted by atomic mass is 16.6. The van der Waals surface area contributed by atoms with Gasteiger partial charge < -0.3 is 9.64 Å². The molecule has 138 valence electrons. The van der Waals surface area contributed by atoms with Gasteiger partial charge in [-0.25, -0.2) is 4.79 Å². The molecule has 1 amide bonds. The Morgan fingerprint density at radius 1 is 1.07 bits per heavy atom. The fourth-order valence-electron chi connectivity index (χ4n) is 3.41. The van der Waals surface area contributed by atoms with Crippen molar-refractivity contribution in [1.29, 1.82) is 5.26 Å². The third-order valence-electron chi connectivity index (χ3n) is 4.75. The zero-order valence-electron chi connectivity index (χ0n) is 15.3. The molecule has 1 aliphatic heterocycles. The molecule has 3 aromatic carbocycles. The molecule has 0 bridgehead atoms. The van der Waals surface area contributed by atoms with E-state index in [1.807, 2.05) is 36.4 Å². The number of ether oxygens (including phenoxy) is 1. The molecular formula is C23H19N3O2. The molecule has 0 aromatic heterocycles. The Balaban J connectivity index is 1.43. The number of nitrogens with one attached hydrogen (secondary N) is 1. The first-order valence-electron chi connectivity index (χ1n) is 9.13. The molecule has 0 atom stereocenters. The Labute approximate surface area is 163 Å². The Kier molecular flexibility index (Phi) is 4.94. The van der Waals surface area contributed by atoms with Crippen LogP contribution in [-0.4, -0.2) is 12.6 Å². The van der Waals surface area contributed by atoms with Crippen LogP contribution in [0.4, 0.5) is 16.2 Å². The molecule has 0 radical (unpaired) electrons. The average Bonchev–Trinajstić information content (AvgIpc) is 3.11. The van der Waals surface area contributed by atoms with Crippen LogP contribution in [0.5, 0.6) is 5.75 Å². The number of nitriles is 1. The number of fused-ring (bicyclic) bond motifs is 1. The fraction of sp³-hybridized carbons (Fsp3) is 0.130. The number of hydrogen-bond acceptors (Lipinski definition) is 4. The zero-order valence-corrected chi connectivity index (χ0v) is 15.3. The van der Waals surface area contributed by atoms with E-state index in [-0.39, 0.29) is 0 Å². The summed E-state index contributed by atoms with van der Waals surface area (Å²) in [6, 6.07) is 24.9. The number of amides is 1. The first-order chi connectivity index (χ1) is 13.7. The van der Waals surface area contributed by atoms with Gasteiger partial charge in [-0.15, -0.1) is 0 Å². The SMILES string of the molecule is N#Cc1ccccc1NC(=O)Oc1ccc2c(c1)CCN2Cc1ccccc1. The molecule has 0 unspecified atom stereocenters. The smallest absolute Gasteiger partial charge is 0.410 e. The van der Waals surface area contributed by atoms with Gasteiger partial charge in [0.2, 0.25) is 0 Å². The highest BCUT2D eigenvalue weighted by Crippen LogP contribution is 2.32. The van der Waals surface area contributed by atoms with E-state index in [1.165, 1.54) is 16.8 Å². The second-order valence-electron chi connectivity index (χ2n) is 6.62. The largest absolute Gasteiger partial charge is 0.417 e. The van der Waals surface area contributed by atoms with Gasteiger partial charge in [-0.1, -0.05) is 42.5 Å². The van der Waals surface area contributed by atoms with Crippen molar-refractivity contribution in [3.8, 4) is 11.8 Å². The lowest BCUT2D eigenvalue weighted by Gasteiger charge is -2.19. The lowest BCUT2D eigenvalue weighted by Crippen LogP contribution is -2.19. The first-order valence-corrected chi connectivity index (χ1v) is 9.13. The van der Waals surface area contributed by atoms with Gasteiger partial charge in [0.1, 0.15) is 11.8 Å². The summed E-state index contributed by atoms with van der Waals surface area (Å²) in [7, 11) is 0. The van der Waals surface area contributed by atoms with Crippen molar-refractivity contribution in [3.63, 3.8) is 0 Å². The number of nitrogens with zero attached hydrogens (tertiary/aromatic N) is 2. The van der Waals surface area contributed by atoms with Crippen LogP contribution in [0.3, 0.4) is 0 Å². The number of rotatable bonds is 4. The van der Waals surface area contributed by atoms with Crippen LogP contribution in [0.1, 0.15) is 16.7 Å². The molecule has 0 spiro atoms. The minimum absolute atomic E-state index is 0.393. The lowest BCUT2D eigenvalue weighted by atomic mass is 10.1.